The topological polar surface area (TPSA) is 104 Å². The quantitative estimate of drug-likeness (QED) is 0.822. The zero-order valence-electron chi connectivity index (χ0n) is 14.1. The first-order chi connectivity index (χ1) is 11.8. The predicted molar refractivity (Wildman–Crippen MR) is 90.9 cm³/mol. The number of amides is 1. The number of piperidine rings is 1. The molecule has 1 heterocycles. The molecule has 0 radical (unpaired) electrons. The summed E-state index contributed by atoms with van der Waals surface area (Å²) in [5.74, 6) is -1.62. The molecule has 7 nitrogen and oxygen atoms in total. The van der Waals surface area contributed by atoms with Crippen LogP contribution in [-0.4, -0.2) is 48.3 Å². The van der Waals surface area contributed by atoms with Gasteiger partial charge < -0.3 is 10.4 Å². The van der Waals surface area contributed by atoms with Crippen LogP contribution in [0.5, 0.6) is 0 Å². The number of nitrogens with one attached hydrogen (secondary N) is 1. The molecule has 2 fully saturated rings. The van der Waals surface area contributed by atoms with E-state index in [0.29, 0.717) is 31.5 Å². The molecule has 0 atom stereocenters. The Labute approximate surface area is 147 Å². The molecule has 1 aliphatic heterocycles. The van der Waals surface area contributed by atoms with Gasteiger partial charge in [0.2, 0.25) is 10.0 Å². The fourth-order valence-corrected chi connectivity index (χ4v) is 4.84. The average Bonchev–Trinajstić information content (AvgIpc) is 3.36. The minimum atomic E-state index is -3.66. The van der Waals surface area contributed by atoms with Gasteiger partial charge in [0.25, 0.3) is 5.91 Å². The zero-order valence-corrected chi connectivity index (χ0v) is 14.9. The van der Waals surface area contributed by atoms with Gasteiger partial charge in [-0.15, -0.1) is 0 Å². The maximum atomic E-state index is 12.9. The van der Waals surface area contributed by atoms with Crippen molar-refractivity contribution in [2.24, 2.45) is 0 Å². The van der Waals surface area contributed by atoms with Crippen molar-refractivity contribution >= 4 is 21.9 Å². The molecule has 3 rings (SSSR count). The molecule has 2 N–H and O–H groups in total. The number of rotatable bonds is 5. The zero-order chi connectivity index (χ0) is 18.2. The molecule has 2 aliphatic rings. The van der Waals surface area contributed by atoms with E-state index < -0.39 is 27.4 Å². The van der Waals surface area contributed by atoms with E-state index in [0.717, 1.165) is 19.3 Å². The number of carbonyl (C=O) groups is 2. The first-order valence-corrected chi connectivity index (χ1v) is 9.87. The Bertz CT molecular complexity index is 808. The standard InChI is InChI=1S/C17H22N2O5S/c1-12-5-6-13(15(20)18-17(7-8-17)16(21)22)11-14(12)25(23,24)19-9-3-2-4-10-19/h5-6,11H,2-4,7-10H2,1H3,(H,18,20)(H,21,22). The number of carboxylic acids is 1. The highest BCUT2D eigenvalue weighted by Crippen LogP contribution is 2.36. The maximum Gasteiger partial charge on any atom is 0.329 e. The number of hydrogen-bond donors (Lipinski definition) is 2. The number of aliphatic carboxylic acids is 1. The van der Waals surface area contributed by atoms with Crippen molar-refractivity contribution in [1.82, 2.24) is 9.62 Å². The summed E-state index contributed by atoms with van der Waals surface area (Å²) in [5.41, 5.74) is -0.469. The van der Waals surface area contributed by atoms with Crippen molar-refractivity contribution in [2.45, 2.75) is 49.5 Å². The van der Waals surface area contributed by atoms with Crippen LogP contribution in [0, 0.1) is 6.92 Å². The lowest BCUT2D eigenvalue weighted by molar-refractivity contribution is -0.140. The Kier molecular flexibility index (Phi) is 4.59. The summed E-state index contributed by atoms with van der Waals surface area (Å²) in [4.78, 5) is 23.7. The summed E-state index contributed by atoms with van der Waals surface area (Å²) in [6, 6.07) is 4.47. The molecular formula is C17H22N2O5S. The van der Waals surface area contributed by atoms with Gasteiger partial charge in [-0.3, -0.25) is 4.79 Å². The van der Waals surface area contributed by atoms with Crippen LogP contribution in [0.25, 0.3) is 0 Å². The molecule has 1 amide bonds. The van der Waals surface area contributed by atoms with Gasteiger partial charge in [-0.25, -0.2) is 13.2 Å². The Morgan fingerprint density at radius 3 is 2.36 bits per heavy atom. The molecule has 8 heteroatoms. The number of aryl methyl sites for hydroxylation is 1. The van der Waals surface area contributed by atoms with Crippen LogP contribution in [0.15, 0.2) is 23.1 Å². The number of hydrogen-bond acceptors (Lipinski definition) is 4. The van der Waals surface area contributed by atoms with Crippen LogP contribution in [-0.2, 0) is 14.8 Å². The van der Waals surface area contributed by atoms with Crippen LogP contribution >= 0.6 is 0 Å². The Hall–Kier alpha value is -1.93. The lowest BCUT2D eigenvalue weighted by Gasteiger charge is -2.26. The highest BCUT2D eigenvalue weighted by molar-refractivity contribution is 7.89. The lowest BCUT2D eigenvalue weighted by atomic mass is 10.1. The first kappa shape index (κ1) is 17.9. The van der Waals surface area contributed by atoms with Crippen LogP contribution in [0.2, 0.25) is 0 Å². The molecule has 1 aromatic carbocycles. The molecule has 1 saturated heterocycles. The highest BCUT2D eigenvalue weighted by atomic mass is 32.2. The second-order valence-corrected chi connectivity index (χ2v) is 8.69. The van der Waals surface area contributed by atoms with Crippen LogP contribution in [0.3, 0.4) is 0 Å². The average molecular weight is 366 g/mol. The third-order valence-corrected chi connectivity index (χ3v) is 6.94. The molecule has 1 aliphatic carbocycles. The van der Waals surface area contributed by atoms with E-state index in [1.807, 2.05) is 0 Å². The van der Waals surface area contributed by atoms with Crippen molar-refractivity contribution in [2.75, 3.05) is 13.1 Å². The molecule has 0 bridgehead atoms. The molecule has 0 aromatic heterocycles. The van der Waals surface area contributed by atoms with E-state index >= 15 is 0 Å². The van der Waals surface area contributed by atoms with Gasteiger partial charge in [-0.05, 0) is 50.3 Å². The highest BCUT2D eigenvalue weighted by Gasteiger charge is 2.51. The molecule has 0 spiro atoms. The largest absolute Gasteiger partial charge is 0.480 e. The van der Waals surface area contributed by atoms with Crippen LogP contribution in [0.1, 0.15) is 48.0 Å². The van der Waals surface area contributed by atoms with E-state index in [2.05, 4.69) is 5.32 Å². The molecule has 136 valence electrons. The van der Waals surface area contributed by atoms with Crippen molar-refractivity contribution in [3.8, 4) is 0 Å². The van der Waals surface area contributed by atoms with Gasteiger partial charge in [0.1, 0.15) is 5.54 Å². The van der Waals surface area contributed by atoms with E-state index in [1.54, 1.807) is 13.0 Å². The Balaban J connectivity index is 1.88. The SMILES string of the molecule is Cc1ccc(C(=O)NC2(C(=O)O)CC2)cc1S(=O)(=O)N1CCCCC1. The minimum absolute atomic E-state index is 0.113. The van der Waals surface area contributed by atoms with Gasteiger partial charge >= 0.3 is 5.97 Å². The monoisotopic (exact) mass is 366 g/mol. The van der Waals surface area contributed by atoms with E-state index in [-0.39, 0.29) is 10.5 Å². The number of sulfonamides is 1. The molecule has 0 unspecified atom stereocenters. The van der Waals surface area contributed by atoms with Gasteiger partial charge in [-0.2, -0.15) is 4.31 Å². The molecular weight excluding hydrogens is 344 g/mol. The van der Waals surface area contributed by atoms with Crippen molar-refractivity contribution in [1.29, 1.82) is 0 Å². The summed E-state index contributed by atoms with van der Waals surface area (Å²) in [5, 5.41) is 11.7. The van der Waals surface area contributed by atoms with E-state index in [4.69, 9.17) is 0 Å². The van der Waals surface area contributed by atoms with Crippen LogP contribution < -0.4 is 5.32 Å². The normalized spacial score (nSPS) is 20.0. The van der Waals surface area contributed by atoms with Gasteiger partial charge in [0.05, 0.1) is 4.90 Å². The summed E-state index contributed by atoms with van der Waals surface area (Å²) in [7, 11) is -3.66. The van der Waals surface area contributed by atoms with Crippen LogP contribution in [0.4, 0.5) is 0 Å². The van der Waals surface area contributed by atoms with Gasteiger partial charge in [0.15, 0.2) is 0 Å². The summed E-state index contributed by atoms with van der Waals surface area (Å²) in [6.45, 7) is 2.67. The number of carboxylic acid groups (broad SMARTS) is 1. The van der Waals surface area contributed by atoms with E-state index in [1.165, 1.54) is 16.4 Å². The van der Waals surface area contributed by atoms with Crippen molar-refractivity contribution in [3.63, 3.8) is 0 Å². The third kappa shape index (κ3) is 3.41. The third-order valence-electron chi connectivity index (χ3n) is 4.90. The second-order valence-electron chi connectivity index (χ2n) is 6.79. The Morgan fingerprint density at radius 2 is 1.80 bits per heavy atom. The Morgan fingerprint density at radius 1 is 1.16 bits per heavy atom. The second kappa shape index (κ2) is 6.42. The fourth-order valence-electron chi connectivity index (χ4n) is 3.07. The number of benzene rings is 1. The van der Waals surface area contributed by atoms with Crippen molar-refractivity contribution in [3.05, 3.63) is 29.3 Å². The maximum absolute atomic E-state index is 12.9. The van der Waals surface area contributed by atoms with Gasteiger partial charge in [-0.1, -0.05) is 12.5 Å². The minimum Gasteiger partial charge on any atom is -0.480 e. The fraction of sp³-hybridized carbons (Fsp3) is 0.529. The molecule has 1 aromatic rings. The predicted octanol–water partition coefficient (Wildman–Crippen LogP) is 1.52. The van der Waals surface area contributed by atoms with Crippen molar-refractivity contribution < 1.29 is 23.1 Å². The summed E-state index contributed by atoms with van der Waals surface area (Å²) < 4.78 is 27.2. The number of nitrogens with zero attached hydrogens (tertiary/aromatic N) is 1. The molecule has 25 heavy (non-hydrogen) atoms. The lowest BCUT2D eigenvalue weighted by Crippen LogP contribution is -2.43. The molecule has 1 saturated carbocycles. The van der Waals surface area contributed by atoms with Gasteiger partial charge in [0, 0.05) is 18.7 Å². The first-order valence-electron chi connectivity index (χ1n) is 8.43. The summed E-state index contributed by atoms with van der Waals surface area (Å²) >= 11 is 0. The van der Waals surface area contributed by atoms with E-state index in [9.17, 15) is 23.1 Å². The smallest absolute Gasteiger partial charge is 0.329 e. The number of carbonyl (C=O) groups excluding carboxylic acids is 1. The summed E-state index contributed by atoms with van der Waals surface area (Å²) in [6.07, 6.45) is 3.46.